The van der Waals surface area contributed by atoms with Crippen LogP contribution in [0.15, 0.2) is 22.7 Å². The van der Waals surface area contributed by atoms with Crippen molar-refractivity contribution >= 4 is 11.5 Å². The fourth-order valence-electron chi connectivity index (χ4n) is 2.64. The molecule has 0 spiro atoms. The molecule has 0 saturated carbocycles. The smallest absolute Gasteiger partial charge is 0.287 e. The van der Waals surface area contributed by atoms with Crippen LogP contribution in [0.5, 0.6) is 0 Å². The number of likely N-dealkylation sites (tertiary alicyclic amines) is 1. The summed E-state index contributed by atoms with van der Waals surface area (Å²) in [6.45, 7) is 6.42. The van der Waals surface area contributed by atoms with E-state index in [1.54, 1.807) is 6.07 Å². The summed E-state index contributed by atoms with van der Waals surface area (Å²) in [5.41, 5.74) is -0.00838. The fraction of sp³-hybridized carbons (Fsp3) is 0.533. The quantitative estimate of drug-likeness (QED) is 0.633. The van der Waals surface area contributed by atoms with E-state index >= 15 is 0 Å². The van der Waals surface area contributed by atoms with Crippen molar-refractivity contribution < 1.29 is 9.34 Å². The molecule has 128 valence electrons. The van der Waals surface area contributed by atoms with E-state index in [9.17, 15) is 10.1 Å². The van der Waals surface area contributed by atoms with Crippen molar-refractivity contribution in [3.63, 3.8) is 0 Å². The van der Waals surface area contributed by atoms with Gasteiger partial charge in [0.25, 0.3) is 5.69 Å². The molecule has 3 heterocycles. The molecule has 2 aromatic rings. The molecular formula is C15H20N6O3. The van der Waals surface area contributed by atoms with Crippen LogP contribution in [0.3, 0.4) is 0 Å². The SMILES string of the molecule is CC(C)c1nnc(CN2CCC(Nc3ccc([N+](=O)[O-])cn3)C2)o1. The molecule has 1 saturated heterocycles. The van der Waals surface area contributed by atoms with Gasteiger partial charge in [0.05, 0.1) is 11.5 Å². The van der Waals surface area contributed by atoms with E-state index in [1.807, 2.05) is 13.8 Å². The number of pyridine rings is 1. The Labute approximate surface area is 139 Å². The second kappa shape index (κ2) is 6.91. The first-order valence-corrected chi connectivity index (χ1v) is 7.93. The van der Waals surface area contributed by atoms with Crippen molar-refractivity contribution in [1.29, 1.82) is 0 Å². The summed E-state index contributed by atoms with van der Waals surface area (Å²) in [5.74, 6) is 2.17. The second-order valence-electron chi connectivity index (χ2n) is 6.21. The highest BCUT2D eigenvalue weighted by Crippen LogP contribution is 2.19. The number of aromatic nitrogens is 3. The molecule has 3 rings (SSSR count). The summed E-state index contributed by atoms with van der Waals surface area (Å²) < 4.78 is 5.64. The van der Waals surface area contributed by atoms with Crippen molar-refractivity contribution in [2.24, 2.45) is 0 Å². The number of hydrogen-bond acceptors (Lipinski definition) is 8. The highest BCUT2D eigenvalue weighted by Gasteiger charge is 2.24. The minimum Gasteiger partial charge on any atom is -0.424 e. The van der Waals surface area contributed by atoms with Crippen molar-refractivity contribution in [3.05, 3.63) is 40.2 Å². The first kappa shape index (κ1) is 16.3. The number of nitro groups is 1. The summed E-state index contributed by atoms with van der Waals surface area (Å²) in [6, 6.07) is 3.33. The standard InChI is InChI=1S/C15H20N6O3/c1-10(2)15-19-18-14(24-15)9-20-6-5-11(8-20)17-13-4-3-12(7-16-13)21(22)23/h3-4,7,10-11H,5-6,8-9H2,1-2H3,(H,16,17). The Morgan fingerprint density at radius 1 is 1.46 bits per heavy atom. The molecular weight excluding hydrogens is 312 g/mol. The first-order chi connectivity index (χ1) is 11.5. The van der Waals surface area contributed by atoms with Crippen LogP contribution in [0.1, 0.15) is 38.0 Å². The van der Waals surface area contributed by atoms with Crippen LogP contribution < -0.4 is 5.32 Å². The molecule has 1 aliphatic heterocycles. The molecule has 1 atom stereocenters. The lowest BCUT2D eigenvalue weighted by Gasteiger charge is -2.15. The maximum atomic E-state index is 10.6. The van der Waals surface area contributed by atoms with Gasteiger partial charge in [-0.3, -0.25) is 15.0 Å². The third-order valence-corrected chi connectivity index (χ3v) is 3.92. The van der Waals surface area contributed by atoms with Crippen LogP contribution in [0.25, 0.3) is 0 Å². The fourth-order valence-corrected chi connectivity index (χ4v) is 2.64. The molecule has 0 bridgehead atoms. The average molecular weight is 332 g/mol. The number of rotatable bonds is 6. The minimum atomic E-state index is -0.454. The lowest BCUT2D eigenvalue weighted by molar-refractivity contribution is -0.385. The summed E-state index contributed by atoms with van der Waals surface area (Å²) in [7, 11) is 0. The van der Waals surface area contributed by atoms with Crippen LogP contribution in [-0.4, -0.2) is 44.1 Å². The molecule has 0 amide bonds. The molecule has 1 fully saturated rings. The molecule has 0 radical (unpaired) electrons. The van der Waals surface area contributed by atoms with Gasteiger partial charge in [-0.25, -0.2) is 4.98 Å². The maximum Gasteiger partial charge on any atom is 0.287 e. The van der Waals surface area contributed by atoms with E-state index in [1.165, 1.54) is 12.3 Å². The molecule has 1 N–H and O–H groups in total. The van der Waals surface area contributed by atoms with Crippen LogP contribution in [0, 0.1) is 10.1 Å². The second-order valence-corrected chi connectivity index (χ2v) is 6.21. The van der Waals surface area contributed by atoms with Gasteiger partial charge in [0.1, 0.15) is 12.0 Å². The molecule has 24 heavy (non-hydrogen) atoms. The summed E-state index contributed by atoms with van der Waals surface area (Å²) in [6.07, 6.45) is 2.23. The van der Waals surface area contributed by atoms with Crippen LogP contribution in [0.2, 0.25) is 0 Å². The molecule has 9 heteroatoms. The number of anilines is 1. The van der Waals surface area contributed by atoms with Crippen molar-refractivity contribution in [1.82, 2.24) is 20.1 Å². The minimum absolute atomic E-state index is 0.00838. The van der Waals surface area contributed by atoms with Crippen LogP contribution >= 0.6 is 0 Å². The van der Waals surface area contributed by atoms with E-state index in [0.29, 0.717) is 24.1 Å². The molecule has 1 unspecified atom stereocenters. The van der Waals surface area contributed by atoms with E-state index in [-0.39, 0.29) is 17.6 Å². The predicted molar refractivity (Wildman–Crippen MR) is 86.6 cm³/mol. The highest BCUT2D eigenvalue weighted by molar-refractivity contribution is 5.41. The Balaban J connectivity index is 1.52. The van der Waals surface area contributed by atoms with Gasteiger partial charge in [-0.15, -0.1) is 10.2 Å². The largest absolute Gasteiger partial charge is 0.424 e. The maximum absolute atomic E-state index is 10.6. The Morgan fingerprint density at radius 3 is 2.92 bits per heavy atom. The van der Waals surface area contributed by atoms with Crippen LogP contribution in [-0.2, 0) is 6.54 Å². The zero-order valence-corrected chi connectivity index (χ0v) is 13.7. The van der Waals surface area contributed by atoms with Gasteiger partial charge in [-0.05, 0) is 12.5 Å². The monoisotopic (exact) mass is 332 g/mol. The van der Waals surface area contributed by atoms with Gasteiger partial charge in [0, 0.05) is 31.1 Å². The number of nitrogens with one attached hydrogen (secondary N) is 1. The van der Waals surface area contributed by atoms with Crippen molar-refractivity contribution in [2.75, 3.05) is 18.4 Å². The van der Waals surface area contributed by atoms with E-state index in [2.05, 4.69) is 25.4 Å². The van der Waals surface area contributed by atoms with Gasteiger partial charge >= 0.3 is 0 Å². The van der Waals surface area contributed by atoms with Crippen molar-refractivity contribution in [3.8, 4) is 0 Å². The van der Waals surface area contributed by atoms with Crippen molar-refractivity contribution in [2.45, 2.75) is 38.8 Å². The zero-order valence-electron chi connectivity index (χ0n) is 13.7. The normalized spacial score (nSPS) is 18.2. The van der Waals surface area contributed by atoms with Gasteiger partial charge in [0.2, 0.25) is 11.8 Å². The zero-order chi connectivity index (χ0) is 17.1. The van der Waals surface area contributed by atoms with Gasteiger partial charge in [0.15, 0.2) is 0 Å². The number of hydrogen-bond donors (Lipinski definition) is 1. The molecule has 1 aliphatic rings. The Morgan fingerprint density at radius 2 is 2.29 bits per heavy atom. The molecule has 9 nitrogen and oxygen atoms in total. The Hall–Kier alpha value is -2.55. The number of nitrogens with zero attached hydrogens (tertiary/aromatic N) is 5. The van der Waals surface area contributed by atoms with E-state index in [0.717, 1.165) is 19.5 Å². The predicted octanol–water partition coefficient (Wildman–Crippen LogP) is 2.18. The third-order valence-electron chi connectivity index (χ3n) is 3.92. The molecule has 0 aromatic carbocycles. The molecule has 0 aliphatic carbocycles. The van der Waals surface area contributed by atoms with Crippen LogP contribution in [0.4, 0.5) is 11.5 Å². The summed E-state index contributed by atoms with van der Waals surface area (Å²) >= 11 is 0. The van der Waals surface area contributed by atoms with E-state index in [4.69, 9.17) is 4.42 Å². The third kappa shape index (κ3) is 3.85. The van der Waals surface area contributed by atoms with Gasteiger partial charge in [-0.1, -0.05) is 13.8 Å². The summed E-state index contributed by atoms with van der Waals surface area (Å²) in [4.78, 5) is 16.5. The molecule has 2 aromatic heterocycles. The van der Waals surface area contributed by atoms with E-state index < -0.39 is 4.92 Å². The lowest BCUT2D eigenvalue weighted by Crippen LogP contribution is -2.26. The first-order valence-electron chi connectivity index (χ1n) is 7.93. The summed E-state index contributed by atoms with van der Waals surface area (Å²) in [5, 5.41) is 22.1. The van der Waals surface area contributed by atoms with Gasteiger partial charge < -0.3 is 9.73 Å². The lowest BCUT2D eigenvalue weighted by atomic mass is 10.2. The van der Waals surface area contributed by atoms with Gasteiger partial charge in [-0.2, -0.15) is 0 Å². The average Bonchev–Trinajstić information content (AvgIpc) is 3.18. The topological polar surface area (TPSA) is 110 Å². The Bertz CT molecular complexity index is 699. The Kier molecular flexibility index (Phi) is 4.70. The highest BCUT2D eigenvalue weighted by atomic mass is 16.6.